The first kappa shape index (κ1) is 22.6. The molecule has 4 fully saturated rings. The largest absolute Gasteiger partial charge is 0.368 e. The lowest BCUT2D eigenvalue weighted by Gasteiger charge is -2.34. The molecule has 3 heterocycles. The van der Waals surface area contributed by atoms with Gasteiger partial charge in [-0.05, 0) is 62.3 Å². The normalized spacial score (nSPS) is 29.7. The molecule has 0 radical (unpaired) electrons. The smallest absolute Gasteiger partial charge is 0.243 e. The maximum absolute atomic E-state index is 12.9. The van der Waals surface area contributed by atoms with E-state index in [1.165, 1.54) is 0 Å². The van der Waals surface area contributed by atoms with E-state index in [4.69, 9.17) is 0 Å². The number of benzene rings is 1. The number of anilines is 1. The third-order valence-electron chi connectivity index (χ3n) is 7.41. The number of hydrogen-bond donors (Lipinski definition) is 3. The Morgan fingerprint density at radius 3 is 2.52 bits per heavy atom. The lowest BCUT2D eigenvalue weighted by molar-refractivity contribution is -0.128. The van der Waals surface area contributed by atoms with Gasteiger partial charge >= 0.3 is 0 Å². The molecule has 0 bridgehead atoms. The highest BCUT2D eigenvalue weighted by Crippen LogP contribution is 2.41. The van der Waals surface area contributed by atoms with Crippen molar-refractivity contribution >= 4 is 21.6 Å². The third-order valence-corrected chi connectivity index (χ3v) is 9.33. The Kier molecular flexibility index (Phi) is 6.31. The number of fused-ring (bicyclic) bond motifs is 1. The zero-order chi connectivity index (χ0) is 23.0. The van der Waals surface area contributed by atoms with E-state index in [2.05, 4.69) is 27.1 Å². The van der Waals surface area contributed by atoms with Gasteiger partial charge in [0.15, 0.2) is 0 Å². The van der Waals surface area contributed by atoms with Crippen LogP contribution in [0.5, 0.6) is 0 Å². The van der Waals surface area contributed by atoms with Crippen LogP contribution in [-0.2, 0) is 14.8 Å². The minimum absolute atomic E-state index is 0.00884. The van der Waals surface area contributed by atoms with Gasteiger partial charge in [-0.2, -0.15) is 9.57 Å². The van der Waals surface area contributed by atoms with Crippen LogP contribution in [0.3, 0.4) is 0 Å². The van der Waals surface area contributed by atoms with Crippen LogP contribution in [0.4, 0.5) is 5.69 Å². The van der Waals surface area contributed by atoms with Gasteiger partial charge in [0.1, 0.15) is 6.17 Å². The summed E-state index contributed by atoms with van der Waals surface area (Å²) in [4.78, 5) is 13.1. The second-order valence-electron chi connectivity index (χ2n) is 9.59. The van der Waals surface area contributed by atoms with Crippen molar-refractivity contribution in [1.82, 2.24) is 20.1 Å². The second-order valence-corrected chi connectivity index (χ2v) is 11.5. The molecule has 178 valence electrons. The standard InChI is InChI=1S/C23H32N6O3S/c24-12-10-19(16-4-5-16)29-20-11-13-25-23(30)21(20)22(27-29)26-17-6-8-18(9-7-17)33(31,32)28-14-2-1-3-15-28/h6-9,16,19-22,26-27H,1-5,10-11,13-15H2,(H,25,30)/t19-,20?,21?,22?/m0/s1. The fourth-order valence-corrected chi connectivity index (χ4v) is 7.04. The summed E-state index contributed by atoms with van der Waals surface area (Å²) in [5, 5.41) is 17.9. The van der Waals surface area contributed by atoms with E-state index in [9.17, 15) is 18.5 Å². The van der Waals surface area contributed by atoms with Gasteiger partial charge in [0.25, 0.3) is 0 Å². The fourth-order valence-electron chi connectivity index (χ4n) is 5.53. The summed E-state index contributed by atoms with van der Waals surface area (Å²) in [7, 11) is -3.48. The molecule has 3 aliphatic heterocycles. The van der Waals surface area contributed by atoms with Crippen LogP contribution in [0.15, 0.2) is 29.2 Å². The average Bonchev–Trinajstić information content (AvgIpc) is 3.61. The van der Waals surface area contributed by atoms with Gasteiger partial charge < -0.3 is 10.6 Å². The van der Waals surface area contributed by atoms with E-state index in [-0.39, 0.29) is 30.1 Å². The molecular formula is C23H32N6O3S. The average molecular weight is 473 g/mol. The number of hydrogen-bond acceptors (Lipinski definition) is 7. The van der Waals surface area contributed by atoms with Crippen LogP contribution >= 0.6 is 0 Å². The topological polar surface area (TPSA) is 118 Å². The zero-order valence-corrected chi connectivity index (χ0v) is 19.6. The summed E-state index contributed by atoms with van der Waals surface area (Å²) >= 11 is 0. The summed E-state index contributed by atoms with van der Waals surface area (Å²) in [5.74, 6) is 0.228. The number of piperidine rings is 2. The van der Waals surface area contributed by atoms with Crippen molar-refractivity contribution in [2.24, 2.45) is 11.8 Å². The van der Waals surface area contributed by atoms with Gasteiger partial charge in [-0.3, -0.25) is 4.79 Å². The Morgan fingerprint density at radius 1 is 1.12 bits per heavy atom. The zero-order valence-electron chi connectivity index (χ0n) is 18.7. The molecular weight excluding hydrogens is 440 g/mol. The number of nitriles is 1. The van der Waals surface area contributed by atoms with E-state index in [0.717, 1.165) is 44.2 Å². The second kappa shape index (κ2) is 9.22. The Hall–Kier alpha value is -2.19. The van der Waals surface area contributed by atoms with Gasteiger partial charge in [0.05, 0.1) is 23.3 Å². The van der Waals surface area contributed by atoms with Crippen LogP contribution in [0.2, 0.25) is 0 Å². The maximum Gasteiger partial charge on any atom is 0.243 e. The van der Waals surface area contributed by atoms with Crippen molar-refractivity contribution in [3.8, 4) is 6.07 Å². The van der Waals surface area contributed by atoms with Crippen LogP contribution < -0.4 is 16.1 Å². The molecule has 3 saturated heterocycles. The minimum Gasteiger partial charge on any atom is -0.368 e. The molecule has 1 aromatic rings. The molecule has 1 aliphatic carbocycles. The van der Waals surface area contributed by atoms with Crippen molar-refractivity contribution in [3.63, 3.8) is 0 Å². The molecule has 33 heavy (non-hydrogen) atoms. The van der Waals surface area contributed by atoms with Crippen LogP contribution in [0, 0.1) is 23.2 Å². The van der Waals surface area contributed by atoms with Crippen LogP contribution in [-0.4, -0.2) is 61.5 Å². The molecule has 0 aromatic heterocycles. The van der Waals surface area contributed by atoms with E-state index in [0.29, 0.717) is 36.9 Å². The summed E-state index contributed by atoms with van der Waals surface area (Å²) in [6.45, 7) is 1.79. The molecule has 9 nitrogen and oxygen atoms in total. The highest BCUT2D eigenvalue weighted by atomic mass is 32.2. The number of amides is 1. The van der Waals surface area contributed by atoms with E-state index >= 15 is 0 Å². The van der Waals surface area contributed by atoms with Crippen LogP contribution in [0.25, 0.3) is 0 Å². The Bertz CT molecular complexity index is 1010. The molecule has 4 aliphatic rings. The molecule has 1 saturated carbocycles. The molecule has 0 spiro atoms. The van der Waals surface area contributed by atoms with Gasteiger partial charge in [-0.1, -0.05) is 6.42 Å². The first-order chi connectivity index (χ1) is 16.0. The quantitative estimate of drug-likeness (QED) is 0.552. The van der Waals surface area contributed by atoms with Crippen molar-refractivity contribution in [2.75, 3.05) is 25.0 Å². The number of hydrazine groups is 1. The highest BCUT2D eigenvalue weighted by Gasteiger charge is 2.51. The Labute approximate surface area is 195 Å². The monoisotopic (exact) mass is 472 g/mol. The number of carbonyl (C=O) groups excluding carboxylic acids is 1. The van der Waals surface area contributed by atoms with E-state index in [1.54, 1.807) is 28.6 Å². The fraction of sp³-hybridized carbons (Fsp3) is 0.652. The maximum atomic E-state index is 12.9. The first-order valence-electron chi connectivity index (χ1n) is 12.0. The molecule has 1 aromatic carbocycles. The predicted octanol–water partition coefficient (Wildman–Crippen LogP) is 1.62. The lowest BCUT2D eigenvalue weighted by atomic mass is 9.90. The summed E-state index contributed by atoms with van der Waals surface area (Å²) in [6.07, 6.45) is 6.09. The van der Waals surface area contributed by atoms with Crippen molar-refractivity contribution in [1.29, 1.82) is 5.26 Å². The molecule has 3 unspecified atom stereocenters. The van der Waals surface area contributed by atoms with Gasteiger partial charge in [0.2, 0.25) is 15.9 Å². The Balaban J connectivity index is 1.32. The summed E-state index contributed by atoms with van der Waals surface area (Å²) in [5.41, 5.74) is 4.26. The molecule has 1 amide bonds. The van der Waals surface area contributed by atoms with Crippen molar-refractivity contribution in [3.05, 3.63) is 24.3 Å². The van der Waals surface area contributed by atoms with Crippen molar-refractivity contribution < 1.29 is 13.2 Å². The third kappa shape index (κ3) is 4.47. The molecule has 4 atom stereocenters. The molecule has 10 heteroatoms. The Morgan fingerprint density at radius 2 is 1.85 bits per heavy atom. The molecule has 5 rings (SSSR count). The SMILES string of the molecule is N#CC[C@@H](C1CC1)N1NC(Nc2ccc(S(=O)(=O)N3CCCCC3)cc2)C2C(=O)NCCC21. The highest BCUT2D eigenvalue weighted by molar-refractivity contribution is 7.89. The number of sulfonamides is 1. The minimum atomic E-state index is -3.48. The number of nitrogens with one attached hydrogen (secondary N) is 3. The number of nitrogens with zero attached hydrogens (tertiary/aromatic N) is 3. The van der Waals surface area contributed by atoms with E-state index < -0.39 is 10.0 Å². The van der Waals surface area contributed by atoms with Gasteiger partial charge in [0, 0.05) is 37.4 Å². The summed E-state index contributed by atoms with van der Waals surface area (Å²) < 4.78 is 27.4. The number of carbonyl (C=O) groups is 1. The number of rotatable bonds is 7. The summed E-state index contributed by atoms with van der Waals surface area (Å²) in [6, 6.07) is 9.28. The van der Waals surface area contributed by atoms with Gasteiger partial charge in [-0.15, -0.1) is 0 Å². The molecule has 3 N–H and O–H groups in total. The lowest BCUT2D eigenvalue weighted by Crippen LogP contribution is -2.52. The predicted molar refractivity (Wildman–Crippen MR) is 123 cm³/mol. The van der Waals surface area contributed by atoms with Gasteiger partial charge in [-0.25, -0.2) is 18.9 Å². The van der Waals surface area contributed by atoms with Crippen molar-refractivity contribution in [2.45, 2.75) is 68.1 Å². The van der Waals surface area contributed by atoms with Crippen LogP contribution in [0.1, 0.15) is 44.9 Å². The van der Waals surface area contributed by atoms with E-state index in [1.807, 2.05) is 0 Å². The first-order valence-corrected chi connectivity index (χ1v) is 13.5.